The van der Waals surface area contributed by atoms with E-state index in [0.29, 0.717) is 25.3 Å². The first-order valence-electron chi connectivity index (χ1n) is 9.83. The standard InChI is InChI=1S/C20H32N4O3/c1-4-6-15(2)23-20(26)17-7-5-11-24(14-17)18-9-8-16(13-22-18)19(25)21-10-12-27-3/h8-9,13,15,17H,4-7,10-12,14H2,1-3H3,(H,21,25)(H,23,26). The number of aromatic nitrogens is 1. The quantitative estimate of drug-likeness (QED) is 0.644. The fourth-order valence-corrected chi connectivity index (χ4v) is 3.34. The van der Waals surface area contributed by atoms with E-state index in [1.54, 1.807) is 19.4 Å². The second-order valence-electron chi connectivity index (χ2n) is 7.14. The van der Waals surface area contributed by atoms with E-state index < -0.39 is 0 Å². The van der Waals surface area contributed by atoms with Crippen LogP contribution in [0.4, 0.5) is 5.82 Å². The van der Waals surface area contributed by atoms with Crippen molar-refractivity contribution in [3.63, 3.8) is 0 Å². The van der Waals surface area contributed by atoms with Crippen LogP contribution in [0.25, 0.3) is 0 Å². The van der Waals surface area contributed by atoms with E-state index in [2.05, 4.69) is 34.4 Å². The maximum Gasteiger partial charge on any atom is 0.252 e. The van der Waals surface area contributed by atoms with Gasteiger partial charge in [0.25, 0.3) is 5.91 Å². The highest BCUT2D eigenvalue weighted by Crippen LogP contribution is 2.22. The Morgan fingerprint density at radius 1 is 1.41 bits per heavy atom. The summed E-state index contributed by atoms with van der Waals surface area (Å²) in [5.74, 6) is 0.765. The number of carbonyl (C=O) groups excluding carboxylic acids is 2. The average Bonchev–Trinajstić information content (AvgIpc) is 2.68. The van der Waals surface area contributed by atoms with Crippen molar-refractivity contribution in [2.24, 2.45) is 5.92 Å². The van der Waals surface area contributed by atoms with Crippen molar-refractivity contribution in [3.05, 3.63) is 23.9 Å². The molecule has 0 saturated carbocycles. The van der Waals surface area contributed by atoms with Gasteiger partial charge in [0.05, 0.1) is 18.1 Å². The maximum absolute atomic E-state index is 12.5. The van der Waals surface area contributed by atoms with Gasteiger partial charge in [0.15, 0.2) is 0 Å². The number of anilines is 1. The molecule has 1 aromatic rings. The van der Waals surface area contributed by atoms with Gasteiger partial charge in [-0.15, -0.1) is 0 Å². The molecule has 1 saturated heterocycles. The number of hydrogen-bond acceptors (Lipinski definition) is 5. The Hall–Kier alpha value is -2.15. The molecule has 0 aliphatic carbocycles. The molecule has 7 nitrogen and oxygen atoms in total. The summed E-state index contributed by atoms with van der Waals surface area (Å²) in [7, 11) is 1.60. The van der Waals surface area contributed by atoms with Crippen LogP contribution in [0.3, 0.4) is 0 Å². The van der Waals surface area contributed by atoms with Gasteiger partial charge in [-0.2, -0.15) is 0 Å². The lowest BCUT2D eigenvalue weighted by molar-refractivity contribution is -0.125. The number of carbonyl (C=O) groups is 2. The van der Waals surface area contributed by atoms with Gasteiger partial charge in [0, 0.05) is 39.0 Å². The largest absolute Gasteiger partial charge is 0.383 e. The molecular formula is C20H32N4O3. The van der Waals surface area contributed by atoms with Crippen LogP contribution in [0.1, 0.15) is 49.9 Å². The number of rotatable bonds is 9. The predicted molar refractivity (Wildman–Crippen MR) is 106 cm³/mol. The zero-order valence-electron chi connectivity index (χ0n) is 16.7. The minimum Gasteiger partial charge on any atom is -0.383 e. The topological polar surface area (TPSA) is 83.6 Å². The van der Waals surface area contributed by atoms with Crippen LogP contribution < -0.4 is 15.5 Å². The molecule has 1 aromatic heterocycles. The second kappa shape index (κ2) is 10.9. The minimum atomic E-state index is -0.160. The lowest BCUT2D eigenvalue weighted by atomic mass is 9.96. The third-order valence-corrected chi connectivity index (χ3v) is 4.83. The lowest BCUT2D eigenvalue weighted by Gasteiger charge is -2.33. The average molecular weight is 377 g/mol. The van der Waals surface area contributed by atoms with Crippen LogP contribution in [-0.2, 0) is 9.53 Å². The van der Waals surface area contributed by atoms with Gasteiger partial charge in [-0.25, -0.2) is 4.98 Å². The molecule has 2 unspecified atom stereocenters. The molecule has 1 aliphatic heterocycles. The van der Waals surface area contributed by atoms with Gasteiger partial charge in [0.1, 0.15) is 5.82 Å². The molecule has 1 aliphatic rings. The highest BCUT2D eigenvalue weighted by Gasteiger charge is 2.27. The van der Waals surface area contributed by atoms with Crippen molar-refractivity contribution < 1.29 is 14.3 Å². The summed E-state index contributed by atoms with van der Waals surface area (Å²) in [4.78, 5) is 31.1. The summed E-state index contributed by atoms with van der Waals surface area (Å²) in [6.07, 6.45) is 5.51. The first-order chi connectivity index (χ1) is 13.0. The number of amides is 2. The molecule has 0 aromatic carbocycles. The Morgan fingerprint density at radius 2 is 2.22 bits per heavy atom. The Morgan fingerprint density at radius 3 is 2.89 bits per heavy atom. The SMILES string of the molecule is CCCC(C)NC(=O)C1CCCN(c2ccc(C(=O)NCCOC)cn2)C1. The summed E-state index contributed by atoms with van der Waals surface area (Å²) in [6, 6.07) is 3.84. The van der Waals surface area contributed by atoms with E-state index in [-0.39, 0.29) is 23.8 Å². The molecule has 150 valence electrons. The molecule has 2 amide bonds. The van der Waals surface area contributed by atoms with Crippen molar-refractivity contribution >= 4 is 17.6 Å². The maximum atomic E-state index is 12.5. The summed E-state index contributed by atoms with van der Waals surface area (Å²) < 4.78 is 4.92. The number of ether oxygens (including phenoxy) is 1. The Labute approximate surface area is 161 Å². The van der Waals surface area contributed by atoms with E-state index in [0.717, 1.165) is 38.0 Å². The van der Waals surface area contributed by atoms with E-state index in [9.17, 15) is 9.59 Å². The molecule has 0 spiro atoms. The second-order valence-corrected chi connectivity index (χ2v) is 7.14. The van der Waals surface area contributed by atoms with Gasteiger partial charge < -0.3 is 20.3 Å². The third-order valence-electron chi connectivity index (χ3n) is 4.83. The first-order valence-corrected chi connectivity index (χ1v) is 9.83. The van der Waals surface area contributed by atoms with Crippen molar-refractivity contribution in [2.45, 2.75) is 45.6 Å². The molecule has 2 heterocycles. The minimum absolute atomic E-state index is 0.0168. The van der Waals surface area contributed by atoms with Crippen LogP contribution in [0.5, 0.6) is 0 Å². The van der Waals surface area contributed by atoms with E-state index in [1.165, 1.54) is 0 Å². The smallest absolute Gasteiger partial charge is 0.252 e. The number of piperidine rings is 1. The molecule has 27 heavy (non-hydrogen) atoms. The molecule has 2 atom stereocenters. The van der Waals surface area contributed by atoms with Gasteiger partial charge in [0.2, 0.25) is 5.91 Å². The molecule has 7 heteroatoms. The van der Waals surface area contributed by atoms with Gasteiger partial charge in [-0.05, 0) is 38.3 Å². The number of nitrogens with one attached hydrogen (secondary N) is 2. The molecular weight excluding hydrogens is 344 g/mol. The molecule has 2 N–H and O–H groups in total. The van der Waals surface area contributed by atoms with Gasteiger partial charge in [-0.1, -0.05) is 13.3 Å². The number of methoxy groups -OCH3 is 1. The van der Waals surface area contributed by atoms with E-state index in [4.69, 9.17) is 4.74 Å². The summed E-state index contributed by atoms with van der Waals surface area (Å²) >= 11 is 0. The number of hydrogen-bond donors (Lipinski definition) is 2. The highest BCUT2D eigenvalue weighted by atomic mass is 16.5. The number of pyridine rings is 1. The third kappa shape index (κ3) is 6.50. The van der Waals surface area contributed by atoms with Crippen LogP contribution in [0.2, 0.25) is 0 Å². The Bertz CT molecular complexity index is 606. The van der Waals surface area contributed by atoms with E-state index in [1.807, 2.05) is 6.07 Å². The molecule has 1 fully saturated rings. The van der Waals surface area contributed by atoms with Crippen molar-refractivity contribution in [1.82, 2.24) is 15.6 Å². The van der Waals surface area contributed by atoms with Crippen LogP contribution in [-0.4, -0.2) is 56.2 Å². The van der Waals surface area contributed by atoms with Crippen molar-refractivity contribution in [1.29, 1.82) is 0 Å². The van der Waals surface area contributed by atoms with Crippen LogP contribution in [0.15, 0.2) is 18.3 Å². The normalized spacial score (nSPS) is 18.0. The molecule has 2 rings (SSSR count). The first kappa shape index (κ1) is 21.2. The summed E-state index contributed by atoms with van der Waals surface area (Å²) in [6.45, 7) is 6.66. The van der Waals surface area contributed by atoms with Crippen LogP contribution >= 0.6 is 0 Å². The summed E-state index contributed by atoms with van der Waals surface area (Å²) in [5, 5.41) is 5.90. The van der Waals surface area contributed by atoms with Gasteiger partial charge in [-0.3, -0.25) is 9.59 Å². The van der Waals surface area contributed by atoms with Crippen molar-refractivity contribution in [3.8, 4) is 0 Å². The zero-order chi connectivity index (χ0) is 19.6. The highest BCUT2D eigenvalue weighted by molar-refractivity contribution is 5.94. The summed E-state index contributed by atoms with van der Waals surface area (Å²) in [5.41, 5.74) is 0.523. The zero-order valence-corrected chi connectivity index (χ0v) is 16.7. The predicted octanol–water partition coefficient (Wildman–Crippen LogP) is 1.98. The monoisotopic (exact) mass is 376 g/mol. The Balaban J connectivity index is 1.91. The molecule has 0 radical (unpaired) electrons. The lowest BCUT2D eigenvalue weighted by Crippen LogP contribution is -2.45. The van der Waals surface area contributed by atoms with Gasteiger partial charge >= 0.3 is 0 Å². The fraction of sp³-hybridized carbons (Fsp3) is 0.650. The fourth-order valence-electron chi connectivity index (χ4n) is 3.34. The number of nitrogens with zero attached hydrogens (tertiary/aromatic N) is 2. The Kier molecular flexibility index (Phi) is 8.51. The van der Waals surface area contributed by atoms with Crippen molar-refractivity contribution in [2.75, 3.05) is 38.3 Å². The van der Waals surface area contributed by atoms with Crippen LogP contribution in [0, 0.1) is 5.92 Å². The van der Waals surface area contributed by atoms with E-state index >= 15 is 0 Å². The molecule has 0 bridgehead atoms.